The number of aryl methyl sites for hydroxylation is 1. The van der Waals surface area contributed by atoms with Crippen LogP contribution in [0.3, 0.4) is 0 Å². The Bertz CT molecular complexity index is 771. The molecule has 0 aliphatic carbocycles. The standard InChI is InChI=1S/C20H22N2O3/c1-3-15(14-10-8-13(2)9-11-14)21-19(23)12-18-20(24)22-16-6-4-5-7-17(16)25-18/h4-11,15,18H,3,12H2,1-2H3,(H,21,23)(H,22,24)/t15-,18-/m1/s1. The molecule has 0 radical (unpaired) electrons. The van der Waals surface area contributed by atoms with E-state index >= 15 is 0 Å². The fourth-order valence-electron chi connectivity index (χ4n) is 2.87. The first kappa shape index (κ1) is 17.0. The van der Waals surface area contributed by atoms with E-state index in [-0.39, 0.29) is 24.3 Å². The lowest BCUT2D eigenvalue weighted by Crippen LogP contribution is -2.41. The van der Waals surface area contributed by atoms with Crippen LogP contribution < -0.4 is 15.4 Å². The average Bonchev–Trinajstić information content (AvgIpc) is 2.61. The number of para-hydroxylation sites is 2. The van der Waals surface area contributed by atoms with E-state index in [9.17, 15) is 9.59 Å². The van der Waals surface area contributed by atoms with E-state index in [1.54, 1.807) is 12.1 Å². The van der Waals surface area contributed by atoms with Crippen molar-refractivity contribution in [3.8, 4) is 5.75 Å². The Hall–Kier alpha value is -2.82. The lowest BCUT2D eigenvalue weighted by atomic mass is 10.0. The molecular formula is C20H22N2O3. The molecule has 1 heterocycles. The zero-order valence-corrected chi connectivity index (χ0v) is 14.4. The van der Waals surface area contributed by atoms with Crippen LogP contribution in [-0.2, 0) is 9.59 Å². The number of carbonyl (C=O) groups is 2. The van der Waals surface area contributed by atoms with E-state index in [1.807, 2.05) is 50.2 Å². The first-order valence-corrected chi connectivity index (χ1v) is 8.49. The molecule has 25 heavy (non-hydrogen) atoms. The number of rotatable bonds is 5. The molecule has 130 valence electrons. The third-order valence-electron chi connectivity index (χ3n) is 4.30. The summed E-state index contributed by atoms with van der Waals surface area (Å²) in [6, 6.07) is 15.2. The van der Waals surface area contributed by atoms with Crippen molar-refractivity contribution in [2.75, 3.05) is 5.32 Å². The third kappa shape index (κ3) is 3.99. The fraction of sp³-hybridized carbons (Fsp3) is 0.300. The lowest BCUT2D eigenvalue weighted by Gasteiger charge is -2.26. The Kier molecular flexibility index (Phi) is 5.03. The monoisotopic (exact) mass is 338 g/mol. The average molecular weight is 338 g/mol. The van der Waals surface area contributed by atoms with E-state index in [4.69, 9.17) is 4.74 Å². The number of carbonyl (C=O) groups excluding carboxylic acids is 2. The van der Waals surface area contributed by atoms with Crippen LogP contribution in [0.1, 0.15) is 36.9 Å². The highest BCUT2D eigenvalue weighted by Crippen LogP contribution is 2.29. The van der Waals surface area contributed by atoms with Gasteiger partial charge in [-0.3, -0.25) is 9.59 Å². The second kappa shape index (κ2) is 7.38. The van der Waals surface area contributed by atoms with E-state index < -0.39 is 6.10 Å². The van der Waals surface area contributed by atoms with Gasteiger partial charge in [0.05, 0.1) is 18.2 Å². The molecule has 5 nitrogen and oxygen atoms in total. The molecule has 0 fully saturated rings. The zero-order valence-electron chi connectivity index (χ0n) is 14.4. The minimum Gasteiger partial charge on any atom is -0.478 e. The highest BCUT2D eigenvalue weighted by Gasteiger charge is 2.30. The minimum atomic E-state index is -0.814. The summed E-state index contributed by atoms with van der Waals surface area (Å²) >= 11 is 0. The number of hydrogen-bond donors (Lipinski definition) is 2. The van der Waals surface area contributed by atoms with Crippen LogP contribution >= 0.6 is 0 Å². The summed E-state index contributed by atoms with van der Waals surface area (Å²) in [5, 5.41) is 5.77. The smallest absolute Gasteiger partial charge is 0.266 e. The van der Waals surface area contributed by atoms with Gasteiger partial charge < -0.3 is 15.4 Å². The molecule has 1 aliphatic heterocycles. The van der Waals surface area contributed by atoms with Crippen molar-refractivity contribution in [3.63, 3.8) is 0 Å². The van der Waals surface area contributed by atoms with Gasteiger partial charge in [-0.05, 0) is 31.0 Å². The van der Waals surface area contributed by atoms with Gasteiger partial charge in [0.25, 0.3) is 5.91 Å². The molecule has 2 aromatic rings. The largest absolute Gasteiger partial charge is 0.478 e. The van der Waals surface area contributed by atoms with Crippen LogP contribution in [0.15, 0.2) is 48.5 Å². The summed E-state index contributed by atoms with van der Waals surface area (Å²) in [7, 11) is 0. The van der Waals surface area contributed by atoms with Crippen molar-refractivity contribution < 1.29 is 14.3 Å². The molecule has 1 aliphatic rings. The van der Waals surface area contributed by atoms with Crippen molar-refractivity contribution in [3.05, 3.63) is 59.7 Å². The number of benzene rings is 2. The lowest BCUT2D eigenvalue weighted by molar-refractivity contribution is -0.130. The minimum absolute atomic E-state index is 0.0114. The van der Waals surface area contributed by atoms with Gasteiger partial charge in [-0.15, -0.1) is 0 Å². The predicted molar refractivity (Wildman–Crippen MR) is 96.5 cm³/mol. The molecule has 2 atom stereocenters. The molecule has 5 heteroatoms. The number of nitrogens with one attached hydrogen (secondary N) is 2. The van der Waals surface area contributed by atoms with Crippen LogP contribution in [0.4, 0.5) is 5.69 Å². The normalized spacial score (nSPS) is 17.0. The van der Waals surface area contributed by atoms with Crippen LogP contribution in [-0.4, -0.2) is 17.9 Å². The Balaban J connectivity index is 1.64. The van der Waals surface area contributed by atoms with Gasteiger partial charge in [-0.1, -0.05) is 48.9 Å². The summed E-state index contributed by atoms with van der Waals surface area (Å²) in [6.07, 6.45) is -0.0526. The van der Waals surface area contributed by atoms with Gasteiger partial charge in [-0.25, -0.2) is 0 Å². The van der Waals surface area contributed by atoms with Crippen molar-refractivity contribution in [1.29, 1.82) is 0 Å². The molecule has 0 bridgehead atoms. The Morgan fingerprint density at radius 3 is 2.64 bits per heavy atom. The van der Waals surface area contributed by atoms with Crippen molar-refractivity contribution in [2.24, 2.45) is 0 Å². The summed E-state index contributed by atoms with van der Waals surface area (Å²) < 4.78 is 5.68. The Morgan fingerprint density at radius 1 is 1.20 bits per heavy atom. The van der Waals surface area contributed by atoms with Crippen LogP contribution in [0.5, 0.6) is 5.75 Å². The molecule has 0 unspecified atom stereocenters. The van der Waals surface area contributed by atoms with E-state index in [2.05, 4.69) is 10.6 Å². The fourth-order valence-corrected chi connectivity index (χ4v) is 2.87. The molecular weight excluding hydrogens is 316 g/mol. The third-order valence-corrected chi connectivity index (χ3v) is 4.30. The SMILES string of the molecule is CC[C@@H](NC(=O)C[C@H]1Oc2ccccc2NC1=O)c1ccc(C)cc1. The van der Waals surface area contributed by atoms with Crippen molar-refractivity contribution >= 4 is 17.5 Å². The van der Waals surface area contributed by atoms with Crippen LogP contribution in [0, 0.1) is 6.92 Å². The summed E-state index contributed by atoms with van der Waals surface area (Å²) in [5.74, 6) is 0.0923. The van der Waals surface area contributed by atoms with Crippen LogP contribution in [0.2, 0.25) is 0 Å². The van der Waals surface area contributed by atoms with E-state index in [0.717, 1.165) is 12.0 Å². The number of ether oxygens (including phenoxy) is 1. The molecule has 0 aromatic heterocycles. The summed E-state index contributed by atoms with van der Waals surface area (Å²) in [6.45, 7) is 4.05. The molecule has 2 aromatic carbocycles. The van der Waals surface area contributed by atoms with Crippen molar-refractivity contribution in [1.82, 2.24) is 5.32 Å². The highest BCUT2D eigenvalue weighted by molar-refractivity contribution is 5.99. The van der Waals surface area contributed by atoms with Gasteiger partial charge in [0.2, 0.25) is 5.91 Å². The first-order chi connectivity index (χ1) is 12.1. The maximum atomic E-state index is 12.4. The van der Waals surface area contributed by atoms with E-state index in [0.29, 0.717) is 11.4 Å². The molecule has 2 amide bonds. The van der Waals surface area contributed by atoms with Gasteiger partial charge in [0.1, 0.15) is 5.75 Å². The highest BCUT2D eigenvalue weighted by atomic mass is 16.5. The predicted octanol–water partition coefficient (Wildman–Crippen LogP) is 3.35. The van der Waals surface area contributed by atoms with Gasteiger partial charge >= 0.3 is 0 Å². The first-order valence-electron chi connectivity index (χ1n) is 8.49. The number of amides is 2. The Labute approximate surface area is 147 Å². The number of hydrogen-bond acceptors (Lipinski definition) is 3. The molecule has 3 rings (SSSR count). The summed E-state index contributed by atoms with van der Waals surface area (Å²) in [4.78, 5) is 24.5. The molecule has 0 saturated carbocycles. The number of fused-ring (bicyclic) bond motifs is 1. The van der Waals surface area contributed by atoms with Crippen LogP contribution in [0.25, 0.3) is 0 Å². The molecule has 0 saturated heterocycles. The Morgan fingerprint density at radius 2 is 1.92 bits per heavy atom. The van der Waals surface area contributed by atoms with Gasteiger partial charge in [-0.2, -0.15) is 0 Å². The quantitative estimate of drug-likeness (QED) is 0.878. The van der Waals surface area contributed by atoms with Gasteiger partial charge in [0, 0.05) is 0 Å². The van der Waals surface area contributed by atoms with Gasteiger partial charge in [0.15, 0.2) is 6.10 Å². The maximum absolute atomic E-state index is 12.4. The second-order valence-corrected chi connectivity index (χ2v) is 6.24. The number of anilines is 1. The topological polar surface area (TPSA) is 67.4 Å². The van der Waals surface area contributed by atoms with Crippen molar-refractivity contribution in [2.45, 2.75) is 38.8 Å². The summed E-state index contributed by atoms with van der Waals surface area (Å²) in [5.41, 5.74) is 2.87. The maximum Gasteiger partial charge on any atom is 0.266 e. The molecule has 0 spiro atoms. The van der Waals surface area contributed by atoms with E-state index in [1.165, 1.54) is 5.56 Å². The molecule has 2 N–H and O–H groups in total. The zero-order chi connectivity index (χ0) is 17.8. The second-order valence-electron chi connectivity index (χ2n) is 6.24.